The van der Waals surface area contributed by atoms with E-state index in [0.717, 1.165) is 19.5 Å². The van der Waals surface area contributed by atoms with Crippen LogP contribution in [0, 0.1) is 0 Å². The summed E-state index contributed by atoms with van der Waals surface area (Å²) in [5.41, 5.74) is 1.19. The van der Waals surface area contributed by atoms with Crippen LogP contribution in [0.1, 0.15) is 19.8 Å². The van der Waals surface area contributed by atoms with Gasteiger partial charge in [0.25, 0.3) is 0 Å². The first kappa shape index (κ1) is 15.6. The van der Waals surface area contributed by atoms with Crippen LogP contribution in [-0.2, 0) is 14.8 Å². The molecule has 18 heavy (non-hydrogen) atoms. The number of sulfonamides is 1. The van der Waals surface area contributed by atoms with Crippen LogP contribution in [0.25, 0.3) is 0 Å². The molecule has 0 spiro atoms. The summed E-state index contributed by atoms with van der Waals surface area (Å²) in [5, 5.41) is 3.14. The Morgan fingerprint density at radius 3 is 2.83 bits per heavy atom. The van der Waals surface area contributed by atoms with Gasteiger partial charge in [0.05, 0.1) is 12.4 Å². The molecule has 5 nitrogen and oxygen atoms in total. The van der Waals surface area contributed by atoms with Gasteiger partial charge in [0.15, 0.2) is 0 Å². The summed E-state index contributed by atoms with van der Waals surface area (Å²) >= 11 is 0. The topological polar surface area (TPSA) is 58.6 Å². The molecule has 0 atom stereocenters. The zero-order valence-electron chi connectivity index (χ0n) is 11.3. The molecule has 0 aromatic rings. The predicted molar refractivity (Wildman–Crippen MR) is 73.1 cm³/mol. The highest BCUT2D eigenvalue weighted by Gasteiger charge is 2.23. The number of hydrogen-bond donors (Lipinski definition) is 1. The molecule has 0 aromatic carbocycles. The van der Waals surface area contributed by atoms with Crippen molar-refractivity contribution in [2.45, 2.75) is 19.8 Å². The first-order chi connectivity index (χ1) is 8.60. The second-order valence-electron chi connectivity index (χ2n) is 4.43. The van der Waals surface area contributed by atoms with Gasteiger partial charge in [-0.1, -0.05) is 13.0 Å². The molecule has 1 aliphatic rings. The van der Waals surface area contributed by atoms with E-state index in [4.69, 9.17) is 4.74 Å². The summed E-state index contributed by atoms with van der Waals surface area (Å²) < 4.78 is 30.7. The molecule has 0 unspecified atom stereocenters. The zero-order valence-corrected chi connectivity index (χ0v) is 12.1. The molecule has 1 rings (SSSR count). The van der Waals surface area contributed by atoms with E-state index >= 15 is 0 Å². The second kappa shape index (κ2) is 7.89. The number of nitrogens with one attached hydrogen (secondary N) is 1. The number of ether oxygens (including phenoxy) is 1. The minimum absolute atomic E-state index is 0.230. The molecule has 0 amide bonds. The van der Waals surface area contributed by atoms with Crippen LogP contribution >= 0.6 is 0 Å². The molecule has 1 N–H and O–H groups in total. The Hall–Kier alpha value is -0.430. The molecular weight excluding hydrogens is 252 g/mol. The van der Waals surface area contributed by atoms with Gasteiger partial charge in [-0.3, -0.25) is 0 Å². The van der Waals surface area contributed by atoms with E-state index < -0.39 is 10.0 Å². The Labute approximate surface area is 110 Å². The van der Waals surface area contributed by atoms with Crippen molar-refractivity contribution in [3.63, 3.8) is 0 Å². The maximum absolute atomic E-state index is 12.1. The molecule has 0 saturated carbocycles. The van der Waals surface area contributed by atoms with Crippen molar-refractivity contribution in [3.05, 3.63) is 11.6 Å². The average Bonchev–Trinajstić information content (AvgIpc) is 2.36. The highest BCUT2D eigenvalue weighted by atomic mass is 32.2. The molecule has 6 heteroatoms. The van der Waals surface area contributed by atoms with Crippen molar-refractivity contribution >= 4 is 10.0 Å². The van der Waals surface area contributed by atoms with Crippen LogP contribution in [0.2, 0.25) is 0 Å². The lowest BCUT2D eigenvalue weighted by atomic mass is 10.1. The molecule has 0 fully saturated rings. The quantitative estimate of drug-likeness (QED) is 0.521. The summed E-state index contributed by atoms with van der Waals surface area (Å²) in [6, 6.07) is 0. The van der Waals surface area contributed by atoms with Gasteiger partial charge in [-0.2, -0.15) is 4.31 Å². The monoisotopic (exact) mass is 276 g/mol. The fraction of sp³-hybridized carbons (Fsp3) is 0.833. The van der Waals surface area contributed by atoms with Crippen molar-refractivity contribution in [1.29, 1.82) is 0 Å². The van der Waals surface area contributed by atoms with Crippen molar-refractivity contribution < 1.29 is 13.2 Å². The highest BCUT2D eigenvalue weighted by molar-refractivity contribution is 7.89. The fourth-order valence-electron chi connectivity index (χ4n) is 1.95. The standard InChI is InChI=1S/C12H24N2O3S/c1-3-13-7-4-10-18(15,16)14-8-5-12(6-9-14)11-17-2/h5,13H,3-4,6-11H2,1-2H3. The smallest absolute Gasteiger partial charge is 0.214 e. The molecule has 106 valence electrons. The Morgan fingerprint density at radius 2 is 2.28 bits per heavy atom. The first-order valence-electron chi connectivity index (χ1n) is 6.45. The van der Waals surface area contributed by atoms with E-state index in [2.05, 4.69) is 5.32 Å². The third-order valence-electron chi connectivity index (χ3n) is 2.99. The van der Waals surface area contributed by atoms with Crippen LogP contribution in [0.5, 0.6) is 0 Å². The highest BCUT2D eigenvalue weighted by Crippen LogP contribution is 2.14. The third kappa shape index (κ3) is 5.06. The molecule has 0 aromatic heterocycles. The van der Waals surface area contributed by atoms with Gasteiger partial charge < -0.3 is 10.1 Å². The molecular formula is C12H24N2O3S. The first-order valence-corrected chi connectivity index (χ1v) is 8.06. The Bertz CT molecular complexity index is 366. The van der Waals surface area contributed by atoms with E-state index in [1.54, 1.807) is 11.4 Å². The summed E-state index contributed by atoms with van der Waals surface area (Å²) in [4.78, 5) is 0. The van der Waals surface area contributed by atoms with E-state index in [1.165, 1.54) is 5.57 Å². The number of hydrogen-bond acceptors (Lipinski definition) is 4. The SMILES string of the molecule is CCNCCCS(=O)(=O)N1CC=C(COC)CC1. The van der Waals surface area contributed by atoms with Crippen LogP contribution in [-0.4, -0.2) is 58.4 Å². The Balaban J connectivity index is 2.40. The normalized spacial score (nSPS) is 17.8. The molecule has 0 radical (unpaired) electrons. The molecule has 1 heterocycles. The molecule has 0 aliphatic carbocycles. The minimum Gasteiger partial charge on any atom is -0.380 e. The predicted octanol–water partition coefficient (Wildman–Crippen LogP) is 0.594. The average molecular weight is 276 g/mol. The van der Waals surface area contributed by atoms with Crippen LogP contribution in [0.3, 0.4) is 0 Å². The summed E-state index contributed by atoms with van der Waals surface area (Å²) in [6.45, 7) is 5.33. The van der Waals surface area contributed by atoms with Gasteiger partial charge in [-0.15, -0.1) is 0 Å². The van der Waals surface area contributed by atoms with Crippen LogP contribution in [0.4, 0.5) is 0 Å². The van der Waals surface area contributed by atoms with E-state index in [-0.39, 0.29) is 5.75 Å². The van der Waals surface area contributed by atoms with Gasteiger partial charge in [0, 0.05) is 20.2 Å². The number of methoxy groups -OCH3 is 1. The van der Waals surface area contributed by atoms with Gasteiger partial charge in [-0.25, -0.2) is 8.42 Å². The van der Waals surface area contributed by atoms with Crippen molar-refractivity contribution in [2.24, 2.45) is 0 Å². The Kier molecular flexibility index (Phi) is 6.85. The lowest BCUT2D eigenvalue weighted by Gasteiger charge is -2.25. The summed E-state index contributed by atoms with van der Waals surface area (Å²) in [6.07, 6.45) is 3.41. The minimum atomic E-state index is -3.09. The molecule has 0 bridgehead atoms. The molecule has 1 aliphatic heterocycles. The van der Waals surface area contributed by atoms with Crippen LogP contribution in [0.15, 0.2) is 11.6 Å². The fourth-order valence-corrected chi connectivity index (χ4v) is 3.39. The maximum Gasteiger partial charge on any atom is 0.214 e. The maximum atomic E-state index is 12.1. The lowest BCUT2D eigenvalue weighted by Crippen LogP contribution is -2.37. The lowest BCUT2D eigenvalue weighted by molar-refractivity contribution is 0.219. The summed E-state index contributed by atoms with van der Waals surface area (Å²) in [5.74, 6) is 0.230. The van der Waals surface area contributed by atoms with Gasteiger partial charge in [0.1, 0.15) is 0 Å². The summed E-state index contributed by atoms with van der Waals surface area (Å²) in [7, 11) is -1.44. The van der Waals surface area contributed by atoms with Crippen LogP contribution < -0.4 is 5.32 Å². The van der Waals surface area contributed by atoms with Crippen molar-refractivity contribution in [2.75, 3.05) is 45.6 Å². The van der Waals surface area contributed by atoms with Gasteiger partial charge >= 0.3 is 0 Å². The number of nitrogens with zero attached hydrogens (tertiary/aromatic N) is 1. The third-order valence-corrected chi connectivity index (χ3v) is 4.92. The number of rotatable bonds is 8. The second-order valence-corrected chi connectivity index (χ2v) is 6.51. The molecule has 0 saturated heterocycles. The van der Waals surface area contributed by atoms with E-state index in [0.29, 0.717) is 26.1 Å². The van der Waals surface area contributed by atoms with Gasteiger partial charge in [-0.05, 0) is 31.5 Å². The van der Waals surface area contributed by atoms with Crippen molar-refractivity contribution in [3.8, 4) is 0 Å². The largest absolute Gasteiger partial charge is 0.380 e. The van der Waals surface area contributed by atoms with E-state index in [1.807, 2.05) is 13.0 Å². The van der Waals surface area contributed by atoms with Gasteiger partial charge in [0.2, 0.25) is 10.0 Å². The zero-order chi connectivity index (χ0) is 13.4. The Morgan fingerprint density at radius 1 is 1.50 bits per heavy atom. The van der Waals surface area contributed by atoms with Crippen molar-refractivity contribution in [1.82, 2.24) is 9.62 Å². The van der Waals surface area contributed by atoms with E-state index in [9.17, 15) is 8.42 Å².